The predicted molar refractivity (Wildman–Crippen MR) is 78.1 cm³/mol. The lowest BCUT2D eigenvalue weighted by Gasteiger charge is -2.21. The Bertz CT molecular complexity index is 523. The second kappa shape index (κ2) is 6.43. The summed E-state index contributed by atoms with van der Waals surface area (Å²) in [6, 6.07) is 6.75. The minimum absolute atomic E-state index is 0.168. The van der Waals surface area contributed by atoms with Crippen molar-refractivity contribution in [3.63, 3.8) is 0 Å². The van der Waals surface area contributed by atoms with Gasteiger partial charge in [0.05, 0.1) is 6.04 Å². The third-order valence-corrected chi connectivity index (χ3v) is 3.25. The van der Waals surface area contributed by atoms with E-state index in [1.807, 2.05) is 12.4 Å². The van der Waals surface area contributed by atoms with Crippen LogP contribution in [0.2, 0.25) is 0 Å². The predicted octanol–water partition coefficient (Wildman–Crippen LogP) is 3.18. The van der Waals surface area contributed by atoms with Crippen LogP contribution in [-0.4, -0.2) is 16.5 Å². The second-order valence-corrected chi connectivity index (χ2v) is 4.92. The van der Waals surface area contributed by atoms with Crippen molar-refractivity contribution in [1.29, 1.82) is 0 Å². The zero-order valence-electron chi connectivity index (χ0n) is 11.9. The molecule has 0 spiro atoms. The summed E-state index contributed by atoms with van der Waals surface area (Å²) in [5.74, 6) is 0. The molecule has 3 nitrogen and oxygen atoms in total. The van der Waals surface area contributed by atoms with Crippen LogP contribution >= 0.6 is 0 Å². The number of aromatic nitrogens is 2. The average Bonchev–Trinajstić information content (AvgIpc) is 2.42. The molecular formula is C16H21N3. The number of nitrogens with one attached hydrogen (secondary N) is 1. The van der Waals surface area contributed by atoms with Gasteiger partial charge in [0, 0.05) is 18.0 Å². The van der Waals surface area contributed by atoms with Crippen LogP contribution in [0.1, 0.15) is 41.6 Å². The Morgan fingerprint density at radius 2 is 1.89 bits per heavy atom. The molecule has 0 aliphatic heterocycles. The summed E-state index contributed by atoms with van der Waals surface area (Å²) in [6.45, 7) is 7.43. The summed E-state index contributed by atoms with van der Waals surface area (Å²) in [7, 11) is 0. The molecule has 0 fully saturated rings. The summed E-state index contributed by atoms with van der Waals surface area (Å²) in [5, 5.41) is 3.58. The van der Waals surface area contributed by atoms with E-state index >= 15 is 0 Å². The Morgan fingerprint density at radius 3 is 2.53 bits per heavy atom. The van der Waals surface area contributed by atoms with Gasteiger partial charge in [0.2, 0.25) is 0 Å². The average molecular weight is 255 g/mol. The van der Waals surface area contributed by atoms with Crippen molar-refractivity contribution in [2.75, 3.05) is 6.54 Å². The molecule has 2 aromatic rings. The molecule has 0 saturated carbocycles. The van der Waals surface area contributed by atoms with E-state index in [4.69, 9.17) is 0 Å². The fraction of sp³-hybridized carbons (Fsp3) is 0.375. The molecule has 0 bridgehead atoms. The molecule has 0 aliphatic rings. The van der Waals surface area contributed by atoms with Gasteiger partial charge in [-0.15, -0.1) is 0 Å². The molecule has 0 saturated heterocycles. The Hall–Kier alpha value is -1.74. The Labute approximate surface area is 115 Å². The summed E-state index contributed by atoms with van der Waals surface area (Å²) < 4.78 is 0. The molecule has 2 rings (SSSR count). The van der Waals surface area contributed by atoms with E-state index in [9.17, 15) is 0 Å². The van der Waals surface area contributed by atoms with Crippen molar-refractivity contribution in [1.82, 2.24) is 15.3 Å². The molecule has 100 valence electrons. The highest BCUT2D eigenvalue weighted by Gasteiger charge is 2.15. The van der Waals surface area contributed by atoms with Gasteiger partial charge >= 0.3 is 0 Å². The van der Waals surface area contributed by atoms with Gasteiger partial charge in [0.1, 0.15) is 6.33 Å². The first-order chi connectivity index (χ1) is 9.22. The van der Waals surface area contributed by atoms with E-state index in [1.165, 1.54) is 16.7 Å². The molecular weight excluding hydrogens is 234 g/mol. The number of benzene rings is 1. The van der Waals surface area contributed by atoms with Gasteiger partial charge < -0.3 is 5.32 Å². The number of rotatable bonds is 5. The van der Waals surface area contributed by atoms with E-state index in [1.54, 1.807) is 6.33 Å². The summed E-state index contributed by atoms with van der Waals surface area (Å²) >= 11 is 0. The van der Waals surface area contributed by atoms with Crippen LogP contribution in [0.5, 0.6) is 0 Å². The van der Waals surface area contributed by atoms with Crippen LogP contribution < -0.4 is 5.32 Å². The molecule has 1 heterocycles. The van der Waals surface area contributed by atoms with Gasteiger partial charge in [-0.2, -0.15) is 0 Å². The summed E-state index contributed by atoms with van der Waals surface area (Å²) in [4.78, 5) is 8.27. The van der Waals surface area contributed by atoms with Crippen molar-refractivity contribution in [3.8, 4) is 0 Å². The van der Waals surface area contributed by atoms with Crippen LogP contribution in [0.4, 0.5) is 0 Å². The SMILES string of the molecule is CCCNC(c1cncnc1)c1ccc(C)cc1C. The van der Waals surface area contributed by atoms with Gasteiger partial charge in [-0.1, -0.05) is 30.7 Å². The summed E-state index contributed by atoms with van der Waals surface area (Å²) in [5.41, 5.74) is 5.01. The first kappa shape index (κ1) is 13.7. The summed E-state index contributed by atoms with van der Waals surface area (Å²) in [6.07, 6.45) is 6.46. The highest BCUT2D eigenvalue weighted by molar-refractivity contribution is 5.37. The van der Waals surface area contributed by atoms with E-state index in [0.29, 0.717) is 0 Å². The third kappa shape index (κ3) is 3.38. The van der Waals surface area contributed by atoms with Gasteiger partial charge in [0.25, 0.3) is 0 Å². The van der Waals surface area contributed by atoms with Crippen LogP contribution in [0, 0.1) is 13.8 Å². The zero-order valence-corrected chi connectivity index (χ0v) is 11.9. The largest absolute Gasteiger partial charge is 0.306 e. The molecule has 19 heavy (non-hydrogen) atoms. The third-order valence-electron chi connectivity index (χ3n) is 3.25. The molecule has 0 amide bonds. The van der Waals surface area contributed by atoms with E-state index < -0.39 is 0 Å². The Morgan fingerprint density at radius 1 is 1.16 bits per heavy atom. The molecule has 1 aromatic carbocycles. The van der Waals surface area contributed by atoms with Crippen molar-refractivity contribution < 1.29 is 0 Å². The number of aryl methyl sites for hydroxylation is 2. The lowest BCUT2D eigenvalue weighted by Crippen LogP contribution is -2.24. The fourth-order valence-electron chi connectivity index (χ4n) is 2.31. The maximum atomic E-state index is 4.14. The number of hydrogen-bond donors (Lipinski definition) is 1. The molecule has 1 atom stereocenters. The van der Waals surface area contributed by atoms with E-state index in [0.717, 1.165) is 18.5 Å². The standard InChI is InChI=1S/C16H21N3/c1-4-7-19-16(14-9-17-11-18-10-14)15-6-5-12(2)8-13(15)3/h5-6,8-11,16,19H,4,7H2,1-3H3. The highest BCUT2D eigenvalue weighted by atomic mass is 14.9. The van der Waals surface area contributed by atoms with E-state index in [-0.39, 0.29) is 6.04 Å². The van der Waals surface area contributed by atoms with Crippen LogP contribution in [-0.2, 0) is 0 Å². The smallest absolute Gasteiger partial charge is 0.115 e. The Balaban J connectivity index is 2.37. The van der Waals surface area contributed by atoms with Gasteiger partial charge in [-0.25, -0.2) is 9.97 Å². The minimum Gasteiger partial charge on any atom is -0.306 e. The van der Waals surface area contributed by atoms with Crippen LogP contribution in [0.25, 0.3) is 0 Å². The molecule has 1 N–H and O–H groups in total. The minimum atomic E-state index is 0.168. The quantitative estimate of drug-likeness (QED) is 0.891. The second-order valence-electron chi connectivity index (χ2n) is 4.92. The topological polar surface area (TPSA) is 37.8 Å². The Kier molecular flexibility index (Phi) is 4.63. The maximum Gasteiger partial charge on any atom is 0.115 e. The van der Waals surface area contributed by atoms with Crippen molar-refractivity contribution >= 4 is 0 Å². The molecule has 0 radical (unpaired) electrons. The molecule has 1 aromatic heterocycles. The van der Waals surface area contributed by atoms with Gasteiger partial charge in [-0.05, 0) is 37.9 Å². The lowest BCUT2D eigenvalue weighted by atomic mass is 9.95. The number of nitrogens with zero attached hydrogens (tertiary/aromatic N) is 2. The monoisotopic (exact) mass is 255 g/mol. The van der Waals surface area contributed by atoms with E-state index in [2.05, 4.69) is 54.3 Å². The van der Waals surface area contributed by atoms with Gasteiger partial charge in [-0.3, -0.25) is 0 Å². The van der Waals surface area contributed by atoms with Crippen LogP contribution in [0.3, 0.4) is 0 Å². The zero-order chi connectivity index (χ0) is 13.7. The van der Waals surface area contributed by atoms with Crippen molar-refractivity contribution in [3.05, 3.63) is 59.2 Å². The molecule has 1 unspecified atom stereocenters. The number of hydrogen-bond acceptors (Lipinski definition) is 3. The first-order valence-electron chi connectivity index (χ1n) is 6.77. The molecule has 0 aliphatic carbocycles. The van der Waals surface area contributed by atoms with Crippen molar-refractivity contribution in [2.24, 2.45) is 0 Å². The van der Waals surface area contributed by atoms with Crippen molar-refractivity contribution in [2.45, 2.75) is 33.2 Å². The fourth-order valence-corrected chi connectivity index (χ4v) is 2.31. The van der Waals surface area contributed by atoms with Crippen LogP contribution in [0.15, 0.2) is 36.9 Å². The van der Waals surface area contributed by atoms with Gasteiger partial charge in [0.15, 0.2) is 0 Å². The normalized spacial score (nSPS) is 12.4. The first-order valence-corrected chi connectivity index (χ1v) is 6.77. The maximum absolute atomic E-state index is 4.14. The highest BCUT2D eigenvalue weighted by Crippen LogP contribution is 2.24. The lowest BCUT2D eigenvalue weighted by molar-refractivity contribution is 0.592. The molecule has 3 heteroatoms.